The largest absolute Gasteiger partial charge is 0.483 e. The maximum absolute atomic E-state index is 10.7. The fraction of sp³-hybridized carbons (Fsp3) is 0.417. The fourth-order valence-corrected chi connectivity index (χ4v) is 2.11. The zero-order valence-corrected chi connectivity index (χ0v) is 11.4. The van der Waals surface area contributed by atoms with Gasteiger partial charge in [0.1, 0.15) is 10.6 Å². The van der Waals surface area contributed by atoms with Gasteiger partial charge in [0, 0.05) is 17.9 Å². The van der Waals surface area contributed by atoms with Crippen molar-refractivity contribution >= 4 is 17.3 Å². The third-order valence-corrected chi connectivity index (χ3v) is 3.15. The van der Waals surface area contributed by atoms with Gasteiger partial charge in [0.05, 0.1) is 0 Å². The van der Waals surface area contributed by atoms with Crippen molar-refractivity contribution in [1.82, 2.24) is 10.1 Å². The first-order chi connectivity index (χ1) is 9.04. The Morgan fingerprint density at radius 3 is 3.00 bits per heavy atom. The zero-order chi connectivity index (χ0) is 13.8. The summed E-state index contributed by atoms with van der Waals surface area (Å²) in [6.45, 7) is 4.29. The number of hydrogen-bond acceptors (Lipinski definition) is 6. The predicted octanol–water partition coefficient (Wildman–Crippen LogP) is 2.61. The molecule has 0 fully saturated rings. The molecule has 2 rings (SSSR count). The standard InChI is InChI=1S/C12H14N2O4S/c1-7(2)3-10-13-11(18-14-10)5-17-8-4-9(12(15)16)19-6-8/h4,6-7H,3,5H2,1-2H3,(H,15,16). The van der Waals surface area contributed by atoms with E-state index in [2.05, 4.69) is 24.0 Å². The molecule has 0 aliphatic rings. The van der Waals surface area contributed by atoms with Gasteiger partial charge in [0.15, 0.2) is 12.4 Å². The summed E-state index contributed by atoms with van der Waals surface area (Å²) in [6, 6.07) is 1.47. The minimum atomic E-state index is -0.961. The molecule has 7 heteroatoms. The number of aromatic carboxylic acids is 1. The molecule has 0 radical (unpaired) electrons. The summed E-state index contributed by atoms with van der Waals surface area (Å²) in [6.07, 6.45) is 0.755. The van der Waals surface area contributed by atoms with E-state index in [9.17, 15) is 4.79 Å². The zero-order valence-electron chi connectivity index (χ0n) is 10.6. The molecule has 2 aromatic heterocycles. The van der Waals surface area contributed by atoms with Crippen molar-refractivity contribution in [2.75, 3.05) is 0 Å². The molecule has 0 spiro atoms. The summed E-state index contributed by atoms with van der Waals surface area (Å²) in [7, 11) is 0. The first-order valence-electron chi connectivity index (χ1n) is 5.80. The molecule has 1 N–H and O–H groups in total. The molecule has 6 nitrogen and oxygen atoms in total. The first kappa shape index (κ1) is 13.5. The molecule has 0 amide bonds. The topological polar surface area (TPSA) is 85.5 Å². The highest BCUT2D eigenvalue weighted by molar-refractivity contribution is 7.12. The number of rotatable bonds is 6. The van der Waals surface area contributed by atoms with Crippen LogP contribution in [0.5, 0.6) is 5.75 Å². The second kappa shape index (κ2) is 5.83. The van der Waals surface area contributed by atoms with Gasteiger partial charge in [0.25, 0.3) is 5.89 Å². The highest BCUT2D eigenvalue weighted by atomic mass is 32.1. The van der Waals surface area contributed by atoms with Crippen molar-refractivity contribution in [3.05, 3.63) is 28.0 Å². The molecule has 2 aromatic rings. The van der Waals surface area contributed by atoms with Gasteiger partial charge < -0.3 is 14.4 Å². The minimum absolute atomic E-state index is 0.140. The van der Waals surface area contributed by atoms with Crippen molar-refractivity contribution in [3.63, 3.8) is 0 Å². The number of aromatic nitrogens is 2. The van der Waals surface area contributed by atoms with Crippen LogP contribution in [0.3, 0.4) is 0 Å². The van der Waals surface area contributed by atoms with Crippen LogP contribution in [0, 0.1) is 5.92 Å². The number of carboxylic acids is 1. The average Bonchev–Trinajstić information content (AvgIpc) is 2.94. The van der Waals surface area contributed by atoms with Crippen molar-refractivity contribution in [1.29, 1.82) is 0 Å². The third kappa shape index (κ3) is 3.78. The Bertz CT molecular complexity index is 562. The van der Waals surface area contributed by atoms with Crippen LogP contribution in [0.25, 0.3) is 0 Å². The highest BCUT2D eigenvalue weighted by Crippen LogP contribution is 2.22. The Hall–Kier alpha value is -1.89. The predicted molar refractivity (Wildman–Crippen MR) is 68.5 cm³/mol. The van der Waals surface area contributed by atoms with E-state index < -0.39 is 5.97 Å². The summed E-state index contributed by atoms with van der Waals surface area (Å²) < 4.78 is 10.4. The van der Waals surface area contributed by atoms with Crippen LogP contribution in [0.15, 0.2) is 16.0 Å². The van der Waals surface area contributed by atoms with E-state index in [0.29, 0.717) is 23.4 Å². The van der Waals surface area contributed by atoms with Crippen molar-refractivity contribution in [3.8, 4) is 5.75 Å². The number of hydrogen-bond donors (Lipinski definition) is 1. The van der Waals surface area contributed by atoms with Crippen molar-refractivity contribution in [2.45, 2.75) is 26.9 Å². The summed E-state index contributed by atoms with van der Waals surface area (Å²) in [5.41, 5.74) is 0. The Morgan fingerprint density at radius 1 is 1.58 bits per heavy atom. The Labute approximate surface area is 114 Å². The molecule has 0 bridgehead atoms. The van der Waals surface area contributed by atoms with Gasteiger partial charge in [-0.15, -0.1) is 11.3 Å². The lowest BCUT2D eigenvalue weighted by Crippen LogP contribution is -1.98. The van der Waals surface area contributed by atoms with Gasteiger partial charge in [-0.1, -0.05) is 19.0 Å². The smallest absolute Gasteiger partial charge is 0.346 e. The maximum atomic E-state index is 10.7. The Balaban J connectivity index is 1.90. The second-order valence-corrected chi connectivity index (χ2v) is 5.35. The van der Waals surface area contributed by atoms with Crippen LogP contribution in [-0.2, 0) is 13.0 Å². The fourth-order valence-electron chi connectivity index (χ4n) is 1.45. The molecule has 0 aliphatic heterocycles. The van der Waals surface area contributed by atoms with Crippen molar-refractivity contribution < 1.29 is 19.2 Å². The van der Waals surface area contributed by atoms with E-state index in [1.807, 2.05) is 0 Å². The Morgan fingerprint density at radius 2 is 2.37 bits per heavy atom. The number of carboxylic acid groups (broad SMARTS) is 1. The van der Waals surface area contributed by atoms with Gasteiger partial charge in [-0.2, -0.15) is 4.98 Å². The molecule has 102 valence electrons. The van der Waals surface area contributed by atoms with Crippen LogP contribution in [-0.4, -0.2) is 21.2 Å². The van der Waals surface area contributed by atoms with Crippen LogP contribution in [0.2, 0.25) is 0 Å². The SMILES string of the molecule is CC(C)Cc1noc(COc2csc(C(=O)O)c2)n1. The molecule has 0 atom stereocenters. The van der Waals surface area contributed by atoms with Crippen LogP contribution < -0.4 is 4.74 Å². The number of carbonyl (C=O) groups is 1. The van der Waals surface area contributed by atoms with E-state index in [4.69, 9.17) is 14.4 Å². The average molecular weight is 282 g/mol. The van der Waals surface area contributed by atoms with E-state index in [1.165, 1.54) is 6.07 Å². The number of thiophene rings is 1. The van der Waals surface area contributed by atoms with E-state index >= 15 is 0 Å². The summed E-state index contributed by atoms with van der Waals surface area (Å²) in [5, 5.41) is 14.3. The number of nitrogens with zero attached hydrogens (tertiary/aromatic N) is 2. The van der Waals surface area contributed by atoms with Crippen LogP contribution in [0.1, 0.15) is 35.2 Å². The van der Waals surface area contributed by atoms with Gasteiger partial charge >= 0.3 is 5.97 Å². The molecule has 0 unspecified atom stereocenters. The molecule has 0 aromatic carbocycles. The maximum Gasteiger partial charge on any atom is 0.346 e. The summed E-state index contributed by atoms with van der Waals surface area (Å²) in [5.74, 6) is 1.04. The lowest BCUT2D eigenvalue weighted by molar-refractivity contribution is 0.0702. The monoisotopic (exact) mass is 282 g/mol. The molecule has 0 saturated heterocycles. The molecule has 19 heavy (non-hydrogen) atoms. The first-order valence-corrected chi connectivity index (χ1v) is 6.68. The molecule has 0 aliphatic carbocycles. The van der Waals surface area contributed by atoms with Crippen LogP contribution in [0.4, 0.5) is 0 Å². The molecular formula is C12H14N2O4S. The molecule has 0 saturated carbocycles. The second-order valence-electron chi connectivity index (χ2n) is 4.44. The van der Waals surface area contributed by atoms with E-state index in [-0.39, 0.29) is 11.5 Å². The van der Waals surface area contributed by atoms with Crippen molar-refractivity contribution in [2.24, 2.45) is 5.92 Å². The Kier molecular flexibility index (Phi) is 4.16. The molecular weight excluding hydrogens is 268 g/mol. The van der Waals surface area contributed by atoms with Gasteiger partial charge in [0.2, 0.25) is 0 Å². The summed E-state index contributed by atoms with van der Waals surface area (Å²) >= 11 is 1.12. The number of ether oxygens (including phenoxy) is 1. The summed E-state index contributed by atoms with van der Waals surface area (Å²) in [4.78, 5) is 15.1. The van der Waals surface area contributed by atoms with Crippen LogP contribution >= 0.6 is 11.3 Å². The van der Waals surface area contributed by atoms with Gasteiger partial charge in [-0.25, -0.2) is 4.79 Å². The quantitative estimate of drug-likeness (QED) is 0.876. The molecule has 2 heterocycles. The lowest BCUT2D eigenvalue weighted by atomic mass is 10.1. The normalized spacial score (nSPS) is 10.9. The highest BCUT2D eigenvalue weighted by Gasteiger charge is 2.11. The van der Waals surface area contributed by atoms with Gasteiger partial charge in [-0.05, 0) is 5.92 Å². The van der Waals surface area contributed by atoms with Gasteiger partial charge in [-0.3, -0.25) is 0 Å². The minimum Gasteiger partial charge on any atom is -0.483 e. The van der Waals surface area contributed by atoms with E-state index in [0.717, 1.165) is 17.8 Å². The van der Waals surface area contributed by atoms with E-state index in [1.54, 1.807) is 5.38 Å². The third-order valence-electron chi connectivity index (χ3n) is 2.25. The lowest BCUT2D eigenvalue weighted by Gasteiger charge is -1.98.